The Morgan fingerprint density at radius 2 is 1.81 bits per heavy atom. The summed E-state index contributed by atoms with van der Waals surface area (Å²) in [6.07, 6.45) is 6.01. The zero-order chi connectivity index (χ0) is 11.4. The molecule has 4 heteroatoms. The van der Waals surface area contributed by atoms with Gasteiger partial charge in [0, 0.05) is 13.1 Å². The smallest absolute Gasteiger partial charge is 0.239 e. The van der Waals surface area contributed by atoms with Gasteiger partial charge >= 0.3 is 0 Å². The van der Waals surface area contributed by atoms with Crippen molar-refractivity contribution < 1.29 is 9.53 Å². The normalized spacial score (nSPS) is 25.4. The molecule has 1 saturated carbocycles. The van der Waals surface area contributed by atoms with Crippen LogP contribution in [0.3, 0.4) is 0 Å². The van der Waals surface area contributed by atoms with Crippen molar-refractivity contribution in [2.24, 2.45) is 11.7 Å². The van der Waals surface area contributed by atoms with Gasteiger partial charge in [0.15, 0.2) is 0 Å². The van der Waals surface area contributed by atoms with Gasteiger partial charge < -0.3 is 15.4 Å². The lowest BCUT2D eigenvalue weighted by atomic mass is 9.84. The van der Waals surface area contributed by atoms with Gasteiger partial charge in [-0.05, 0) is 18.8 Å². The number of hydrogen-bond acceptors (Lipinski definition) is 3. The van der Waals surface area contributed by atoms with Crippen LogP contribution in [0.25, 0.3) is 0 Å². The molecule has 0 aromatic heterocycles. The molecule has 0 spiro atoms. The van der Waals surface area contributed by atoms with Crippen LogP contribution in [0, 0.1) is 5.92 Å². The number of hydrogen-bond donors (Lipinski definition) is 1. The minimum absolute atomic E-state index is 0.134. The Labute approximate surface area is 97.1 Å². The Balaban J connectivity index is 1.86. The van der Waals surface area contributed by atoms with Crippen LogP contribution in [0.5, 0.6) is 0 Å². The van der Waals surface area contributed by atoms with Crippen molar-refractivity contribution in [3.05, 3.63) is 0 Å². The van der Waals surface area contributed by atoms with Gasteiger partial charge in [0.05, 0.1) is 19.3 Å². The van der Waals surface area contributed by atoms with Crippen molar-refractivity contribution in [3.8, 4) is 0 Å². The number of carbonyl (C=O) groups is 1. The van der Waals surface area contributed by atoms with Crippen LogP contribution < -0.4 is 5.73 Å². The summed E-state index contributed by atoms with van der Waals surface area (Å²) in [6.45, 7) is 2.73. The summed E-state index contributed by atoms with van der Waals surface area (Å²) in [5, 5.41) is 0. The Kier molecular flexibility index (Phi) is 4.18. The van der Waals surface area contributed by atoms with E-state index in [9.17, 15) is 4.79 Å². The third-order valence-electron chi connectivity index (χ3n) is 3.77. The second-order valence-electron chi connectivity index (χ2n) is 4.86. The summed E-state index contributed by atoms with van der Waals surface area (Å²) in [5.41, 5.74) is 6.09. The topological polar surface area (TPSA) is 55.6 Å². The molecule has 1 heterocycles. The summed E-state index contributed by atoms with van der Waals surface area (Å²) in [4.78, 5) is 14.0. The third kappa shape index (κ3) is 2.74. The molecule has 1 unspecified atom stereocenters. The van der Waals surface area contributed by atoms with Crippen molar-refractivity contribution in [3.63, 3.8) is 0 Å². The number of nitrogens with zero attached hydrogens (tertiary/aromatic N) is 1. The Bertz CT molecular complexity index is 233. The lowest BCUT2D eigenvalue weighted by Crippen LogP contribution is -2.51. The zero-order valence-electron chi connectivity index (χ0n) is 9.86. The largest absolute Gasteiger partial charge is 0.378 e. The van der Waals surface area contributed by atoms with E-state index in [0.717, 1.165) is 12.8 Å². The number of morpholine rings is 1. The van der Waals surface area contributed by atoms with Crippen LogP contribution in [0.15, 0.2) is 0 Å². The van der Waals surface area contributed by atoms with Gasteiger partial charge in [-0.25, -0.2) is 0 Å². The van der Waals surface area contributed by atoms with Crippen molar-refractivity contribution in [2.75, 3.05) is 26.3 Å². The SMILES string of the molecule is NC(C(=O)N1CCOCC1)C1CCCCC1. The van der Waals surface area contributed by atoms with E-state index >= 15 is 0 Å². The van der Waals surface area contributed by atoms with E-state index in [0.29, 0.717) is 32.2 Å². The molecule has 2 N–H and O–H groups in total. The molecule has 1 atom stereocenters. The first kappa shape index (κ1) is 11.9. The Morgan fingerprint density at radius 3 is 2.44 bits per heavy atom. The van der Waals surface area contributed by atoms with Crippen LogP contribution in [-0.4, -0.2) is 43.2 Å². The molecular weight excluding hydrogens is 204 g/mol. The van der Waals surface area contributed by atoms with Gasteiger partial charge in [-0.15, -0.1) is 0 Å². The summed E-state index contributed by atoms with van der Waals surface area (Å²) in [6, 6.07) is -0.279. The van der Waals surface area contributed by atoms with Crippen LogP contribution in [0.1, 0.15) is 32.1 Å². The van der Waals surface area contributed by atoms with Crippen molar-refractivity contribution in [2.45, 2.75) is 38.1 Å². The van der Waals surface area contributed by atoms with Crippen LogP contribution in [-0.2, 0) is 9.53 Å². The first-order valence-electron chi connectivity index (χ1n) is 6.41. The fourth-order valence-corrected chi connectivity index (χ4v) is 2.69. The zero-order valence-corrected chi connectivity index (χ0v) is 9.86. The predicted molar refractivity (Wildman–Crippen MR) is 61.9 cm³/mol. The van der Waals surface area contributed by atoms with Gasteiger partial charge in [-0.2, -0.15) is 0 Å². The average molecular weight is 226 g/mol. The van der Waals surface area contributed by atoms with E-state index in [4.69, 9.17) is 10.5 Å². The van der Waals surface area contributed by atoms with Crippen molar-refractivity contribution in [1.29, 1.82) is 0 Å². The van der Waals surface area contributed by atoms with Gasteiger partial charge in [0.1, 0.15) is 0 Å². The summed E-state index contributed by atoms with van der Waals surface area (Å²) in [7, 11) is 0. The predicted octanol–water partition coefficient (Wildman–Crippen LogP) is 0.753. The van der Waals surface area contributed by atoms with E-state index < -0.39 is 0 Å². The minimum Gasteiger partial charge on any atom is -0.378 e. The molecule has 0 aromatic carbocycles. The van der Waals surface area contributed by atoms with Crippen LogP contribution in [0.2, 0.25) is 0 Å². The summed E-state index contributed by atoms with van der Waals surface area (Å²) >= 11 is 0. The molecule has 0 bridgehead atoms. The maximum Gasteiger partial charge on any atom is 0.239 e. The molecule has 16 heavy (non-hydrogen) atoms. The molecule has 1 aliphatic carbocycles. The molecule has 0 aromatic rings. The minimum atomic E-state index is -0.279. The number of carbonyl (C=O) groups excluding carboxylic acids is 1. The van der Waals surface area contributed by atoms with E-state index in [1.165, 1.54) is 19.3 Å². The summed E-state index contributed by atoms with van der Waals surface area (Å²) < 4.78 is 5.24. The molecule has 1 amide bonds. The number of rotatable bonds is 2. The number of ether oxygens (including phenoxy) is 1. The monoisotopic (exact) mass is 226 g/mol. The van der Waals surface area contributed by atoms with Gasteiger partial charge in [-0.3, -0.25) is 4.79 Å². The van der Waals surface area contributed by atoms with E-state index in [-0.39, 0.29) is 11.9 Å². The standard InChI is InChI=1S/C12H22N2O2/c13-11(10-4-2-1-3-5-10)12(15)14-6-8-16-9-7-14/h10-11H,1-9,13H2. The third-order valence-corrected chi connectivity index (χ3v) is 3.77. The average Bonchev–Trinajstić information content (AvgIpc) is 2.39. The highest BCUT2D eigenvalue weighted by Gasteiger charge is 2.30. The highest BCUT2D eigenvalue weighted by molar-refractivity contribution is 5.82. The Hall–Kier alpha value is -0.610. The van der Waals surface area contributed by atoms with E-state index in [1.54, 1.807) is 0 Å². The molecule has 2 fully saturated rings. The van der Waals surface area contributed by atoms with Gasteiger partial charge in [0.25, 0.3) is 0 Å². The molecule has 1 saturated heterocycles. The quantitative estimate of drug-likeness (QED) is 0.756. The van der Waals surface area contributed by atoms with Crippen molar-refractivity contribution >= 4 is 5.91 Å². The molecule has 2 rings (SSSR count). The van der Waals surface area contributed by atoms with E-state index in [2.05, 4.69) is 0 Å². The second-order valence-corrected chi connectivity index (χ2v) is 4.86. The highest BCUT2D eigenvalue weighted by Crippen LogP contribution is 2.26. The molecule has 1 aliphatic heterocycles. The number of nitrogens with two attached hydrogens (primary N) is 1. The number of amides is 1. The van der Waals surface area contributed by atoms with Crippen molar-refractivity contribution in [1.82, 2.24) is 4.90 Å². The molecular formula is C12H22N2O2. The van der Waals surface area contributed by atoms with E-state index in [1.807, 2.05) is 4.90 Å². The van der Waals surface area contributed by atoms with Crippen LogP contribution >= 0.6 is 0 Å². The lowest BCUT2D eigenvalue weighted by molar-refractivity contribution is -0.138. The molecule has 0 radical (unpaired) electrons. The first-order valence-corrected chi connectivity index (χ1v) is 6.41. The molecule has 4 nitrogen and oxygen atoms in total. The summed E-state index contributed by atoms with van der Waals surface area (Å²) in [5.74, 6) is 0.541. The van der Waals surface area contributed by atoms with Gasteiger partial charge in [0.2, 0.25) is 5.91 Å². The van der Waals surface area contributed by atoms with Gasteiger partial charge in [-0.1, -0.05) is 19.3 Å². The maximum atomic E-state index is 12.1. The lowest BCUT2D eigenvalue weighted by Gasteiger charge is -2.33. The fourth-order valence-electron chi connectivity index (χ4n) is 2.69. The first-order chi connectivity index (χ1) is 7.79. The molecule has 92 valence electrons. The van der Waals surface area contributed by atoms with Crippen LogP contribution in [0.4, 0.5) is 0 Å². The fraction of sp³-hybridized carbons (Fsp3) is 0.917. The Morgan fingerprint density at radius 1 is 1.19 bits per heavy atom. The second kappa shape index (κ2) is 5.64. The highest BCUT2D eigenvalue weighted by atomic mass is 16.5. The molecule has 2 aliphatic rings. The maximum absolute atomic E-state index is 12.1.